The van der Waals surface area contributed by atoms with Gasteiger partial charge in [0, 0.05) is 13.0 Å². The molecule has 2 heterocycles. The Morgan fingerprint density at radius 3 is 2.78 bits per heavy atom. The zero-order valence-corrected chi connectivity index (χ0v) is 12.6. The van der Waals surface area contributed by atoms with Crippen LogP contribution < -0.4 is 0 Å². The van der Waals surface area contributed by atoms with E-state index < -0.39 is 0 Å². The molecule has 2 rings (SSSR count). The number of amides is 1. The van der Waals surface area contributed by atoms with E-state index in [-0.39, 0.29) is 18.2 Å². The topological polar surface area (TPSA) is 37.4 Å². The van der Waals surface area contributed by atoms with Gasteiger partial charge in [-0.3, -0.25) is 9.59 Å². The van der Waals surface area contributed by atoms with Gasteiger partial charge in [0.2, 0.25) is 5.91 Å². The number of hydrogen-bond acceptors (Lipinski definition) is 3. The summed E-state index contributed by atoms with van der Waals surface area (Å²) in [5, 5.41) is 0. The van der Waals surface area contributed by atoms with Crippen molar-refractivity contribution in [2.24, 2.45) is 0 Å². The lowest BCUT2D eigenvalue weighted by atomic mass is 10.1. The van der Waals surface area contributed by atoms with Crippen LogP contribution in [0.3, 0.4) is 0 Å². The summed E-state index contributed by atoms with van der Waals surface area (Å²) in [5.41, 5.74) is 0. The number of likely N-dealkylation sites (tertiary alicyclic amines) is 1. The first-order chi connectivity index (χ1) is 8.66. The molecule has 0 unspecified atom stereocenters. The molecule has 1 saturated heterocycles. The molecule has 98 valence electrons. The minimum atomic E-state index is 0.0413. The van der Waals surface area contributed by atoms with Crippen LogP contribution in [0.15, 0.2) is 15.9 Å². The maximum Gasteiger partial charge on any atom is 0.222 e. The molecule has 0 radical (unpaired) electrons. The van der Waals surface area contributed by atoms with E-state index in [1.807, 2.05) is 12.1 Å². The monoisotopic (exact) mass is 329 g/mol. The van der Waals surface area contributed by atoms with Crippen LogP contribution in [0.5, 0.6) is 0 Å². The highest BCUT2D eigenvalue weighted by atomic mass is 79.9. The van der Waals surface area contributed by atoms with Crippen molar-refractivity contribution in [3.63, 3.8) is 0 Å². The number of halogens is 1. The molecule has 0 atom stereocenters. The molecule has 0 N–H and O–H groups in total. The average Bonchev–Trinajstić information content (AvgIpc) is 2.75. The third-order valence-corrected chi connectivity index (χ3v) is 4.77. The van der Waals surface area contributed by atoms with Crippen LogP contribution in [-0.4, -0.2) is 29.7 Å². The third kappa shape index (κ3) is 3.65. The smallest absolute Gasteiger partial charge is 0.222 e. The van der Waals surface area contributed by atoms with E-state index in [4.69, 9.17) is 0 Å². The Balaban J connectivity index is 1.98. The Kier molecular flexibility index (Phi) is 4.95. The van der Waals surface area contributed by atoms with Gasteiger partial charge < -0.3 is 4.90 Å². The van der Waals surface area contributed by atoms with Gasteiger partial charge in [-0.1, -0.05) is 12.8 Å². The Bertz CT molecular complexity index is 444. The molecular formula is C13H16BrNO2S. The van der Waals surface area contributed by atoms with Gasteiger partial charge in [0.15, 0.2) is 5.78 Å². The van der Waals surface area contributed by atoms with Gasteiger partial charge in [0.1, 0.15) is 0 Å². The van der Waals surface area contributed by atoms with Crippen LogP contribution in [-0.2, 0) is 4.79 Å². The zero-order valence-electron chi connectivity index (χ0n) is 10.2. The standard InChI is InChI=1S/C13H16BrNO2S/c14-12-7-6-11(18-12)10(16)9-15-8-4-2-1-3-5-13(15)17/h6-7H,1-5,8-9H2. The minimum absolute atomic E-state index is 0.0413. The summed E-state index contributed by atoms with van der Waals surface area (Å²) in [6.45, 7) is 0.947. The fourth-order valence-electron chi connectivity index (χ4n) is 2.10. The van der Waals surface area contributed by atoms with Crippen LogP contribution in [0.2, 0.25) is 0 Å². The normalized spacial score (nSPS) is 17.4. The van der Waals surface area contributed by atoms with E-state index in [1.165, 1.54) is 11.3 Å². The van der Waals surface area contributed by atoms with Crippen molar-refractivity contribution >= 4 is 39.0 Å². The van der Waals surface area contributed by atoms with Crippen LogP contribution in [0.4, 0.5) is 0 Å². The summed E-state index contributed by atoms with van der Waals surface area (Å²) in [6, 6.07) is 3.68. The highest BCUT2D eigenvalue weighted by Crippen LogP contribution is 2.23. The van der Waals surface area contributed by atoms with Crippen molar-refractivity contribution in [2.75, 3.05) is 13.1 Å². The van der Waals surface area contributed by atoms with Crippen LogP contribution in [0, 0.1) is 0 Å². The number of thiophene rings is 1. The van der Waals surface area contributed by atoms with Gasteiger partial charge in [-0.25, -0.2) is 0 Å². The molecule has 0 bridgehead atoms. The minimum Gasteiger partial charge on any atom is -0.335 e. The molecule has 1 aromatic rings. The highest BCUT2D eigenvalue weighted by Gasteiger charge is 2.19. The number of rotatable bonds is 3. The number of nitrogens with zero attached hydrogens (tertiary/aromatic N) is 1. The largest absolute Gasteiger partial charge is 0.335 e. The summed E-state index contributed by atoms with van der Waals surface area (Å²) in [4.78, 5) is 26.4. The second-order valence-electron chi connectivity index (χ2n) is 4.51. The molecule has 0 aliphatic carbocycles. The number of carbonyl (C=O) groups excluding carboxylic acids is 2. The van der Waals surface area contributed by atoms with Crippen molar-refractivity contribution in [2.45, 2.75) is 32.1 Å². The SMILES string of the molecule is O=C(CN1CCCCCCC1=O)c1ccc(Br)s1. The number of hydrogen-bond donors (Lipinski definition) is 0. The van der Waals surface area contributed by atoms with E-state index >= 15 is 0 Å². The molecule has 1 fully saturated rings. The Hall–Kier alpha value is -0.680. The van der Waals surface area contributed by atoms with Crippen LogP contribution in [0.25, 0.3) is 0 Å². The molecule has 1 aromatic heterocycles. The quantitative estimate of drug-likeness (QED) is 0.796. The maximum absolute atomic E-state index is 12.1. The van der Waals surface area contributed by atoms with Gasteiger partial charge in [0.25, 0.3) is 0 Å². The second kappa shape index (κ2) is 6.48. The van der Waals surface area contributed by atoms with Crippen molar-refractivity contribution in [1.29, 1.82) is 0 Å². The Morgan fingerprint density at radius 2 is 2.06 bits per heavy atom. The van der Waals surface area contributed by atoms with E-state index in [1.54, 1.807) is 4.90 Å². The first-order valence-corrected chi connectivity index (χ1v) is 7.84. The molecule has 3 nitrogen and oxygen atoms in total. The van der Waals surface area contributed by atoms with Crippen molar-refractivity contribution in [3.05, 3.63) is 20.8 Å². The summed E-state index contributed by atoms with van der Waals surface area (Å²) in [7, 11) is 0. The zero-order chi connectivity index (χ0) is 13.0. The molecule has 0 saturated carbocycles. The molecule has 0 spiro atoms. The summed E-state index contributed by atoms with van der Waals surface area (Å²) < 4.78 is 0.949. The predicted molar refractivity (Wildman–Crippen MR) is 76.0 cm³/mol. The number of carbonyl (C=O) groups is 2. The summed E-state index contributed by atoms with van der Waals surface area (Å²) in [5.74, 6) is 0.165. The van der Waals surface area contributed by atoms with Crippen molar-refractivity contribution in [3.8, 4) is 0 Å². The third-order valence-electron chi connectivity index (χ3n) is 3.10. The van der Waals surface area contributed by atoms with E-state index in [0.717, 1.165) is 40.9 Å². The van der Waals surface area contributed by atoms with Gasteiger partial charge >= 0.3 is 0 Å². The summed E-state index contributed by atoms with van der Waals surface area (Å²) >= 11 is 4.77. The number of Topliss-reactive ketones (excluding diaryl/α,β-unsaturated/α-hetero) is 1. The Labute approximate surface area is 119 Å². The molecular weight excluding hydrogens is 314 g/mol. The van der Waals surface area contributed by atoms with Gasteiger partial charge in [-0.2, -0.15) is 0 Å². The second-order valence-corrected chi connectivity index (χ2v) is 6.97. The fourth-order valence-corrected chi connectivity index (χ4v) is 3.41. The van der Waals surface area contributed by atoms with Crippen molar-refractivity contribution in [1.82, 2.24) is 4.90 Å². The molecule has 1 aliphatic heterocycles. The maximum atomic E-state index is 12.1. The van der Waals surface area contributed by atoms with Gasteiger partial charge in [0.05, 0.1) is 15.2 Å². The average molecular weight is 330 g/mol. The lowest BCUT2D eigenvalue weighted by Gasteiger charge is -2.23. The summed E-state index contributed by atoms with van der Waals surface area (Å²) in [6.07, 6.45) is 4.83. The van der Waals surface area contributed by atoms with Crippen LogP contribution in [0.1, 0.15) is 41.8 Å². The molecule has 1 amide bonds. The van der Waals surface area contributed by atoms with E-state index in [2.05, 4.69) is 15.9 Å². The molecule has 1 aliphatic rings. The van der Waals surface area contributed by atoms with Gasteiger partial charge in [-0.05, 0) is 40.9 Å². The van der Waals surface area contributed by atoms with Gasteiger partial charge in [-0.15, -0.1) is 11.3 Å². The Morgan fingerprint density at radius 1 is 1.28 bits per heavy atom. The first kappa shape index (κ1) is 13.7. The number of ketones is 1. The predicted octanol–water partition coefficient (Wildman–Crippen LogP) is 3.49. The lowest BCUT2D eigenvalue weighted by Crippen LogP contribution is -2.37. The molecule has 18 heavy (non-hydrogen) atoms. The van der Waals surface area contributed by atoms with E-state index in [9.17, 15) is 9.59 Å². The molecule has 0 aromatic carbocycles. The van der Waals surface area contributed by atoms with Crippen LogP contribution >= 0.6 is 27.3 Å². The molecule has 5 heteroatoms. The van der Waals surface area contributed by atoms with Crippen molar-refractivity contribution < 1.29 is 9.59 Å². The lowest BCUT2D eigenvalue weighted by molar-refractivity contribution is -0.131. The highest BCUT2D eigenvalue weighted by molar-refractivity contribution is 9.11. The fraction of sp³-hybridized carbons (Fsp3) is 0.538. The first-order valence-electron chi connectivity index (χ1n) is 6.23. The van der Waals surface area contributed by atoms with E-state index in [0.29, 0.717) is 6.42 Å².